The number of halogens is 25. The lowest BCUT2D eigenvalue weighted by molar-refractivity contribution is -0.487. The number of esters is 1. The van der Waals surface area contributed by atoms with E-state index in [4.69, 9.17) is 4.74 Å². The molecule has 1 amide bonds. The van der Waals surface area contributed by atoms with Crippen LogP contribution in [0.5, 0.6) is 0 Å². The van der Waals surface area contributed by atoms with Gasteiger partial charge in [-0.1, -0.05) is 48.5 Å². The molecule has 1 aliphatic carbocycles. The molecule has 0 aliphatic heterocycles. The SMILES string of the molecule is O=C(C[C@H](NC(=O)OCC1c2ccccc2-c2ccccc21)C(=O)O)OC(F)(F)C(F)(F)C(F)(F)C(F)(F)C(F)(F)C(F)(F)C(F)(F)C(F)(F)C(F)(F)C(F)(F)C(F)(F)C(F)(F)F. The monoisotopic (exact) mass is 973 g/mol. The Morgan fingerprint density at radius 2 is 0.825 bits per heavy atom. The van der Waals surface area contributed by atoms with Gasteiger partial charge in [-0.05, 0) is 22.3 Å². The number of aliphatic carboxylic acids is 1. The largest absolute Gasteiger partial charge is 0.480 e. The third kappa shape index (κ3) is 7.63. The second kappa shape index (κ2) is 15.6. The molecule has 0 saturated carbocycles. The third-order valence-electron chi connectivity index (χ3n) is 8.82. The van der Waals surface area contributed by atoms with Gasteiger partial charge in [-0.25, -0.2) is 9.59 Å². The molecule has 0 radical (unpaired) electrons. The highest BCUT2D eigenvalue weighted by molar-refractivity contribution is 5.85. The second-order valence-electron chi connectivity index (χ2n) is 12.8. The smallest absolute Gasteiger partial charge is 0.473 e. The van der Waals surface area contributed by atoms with E-state index < -0.39 is 115 Å². The summed E-state index contributed by atoms with van der Waals surface area (Å²) in [6.45, 7) is -0.694. The van der Waals surface area contributed by atoms with Crippen LogP contribution in [0.2, 0.25) is 0 Å². The maximum Gasteiger partial charge on any atom is 0.473 e. The van der Waals surface area contributed by atoms with E-state index in [2.05, 4.69) is 4.74 Å². The maximum atomic E-state index is 14.3. The standard InChI is InChI=1S/C31H16F25NO6/c32-20(33,22(36,37)24(40,41)26(44,45)28(48,49)30(52,53)54)21(34,35)23(38,39)25(42,43)27(46,47)29(50,51)31(55,56)63-17(58)9-16(18(59)60)57-19(61)62-10-15-13-7-3-1-5-11(13)12-6-2-4-8-14(12)15/h1-8,15-16H,9-10H2,(H,57,61)(H,59,60)/t16-/m0/s1. The molecule has 63 heavy (non-hydrogen) atoms. The number of ether oxygens (including phenoxy) is 2. The van der Waals surface area contributed by atoms with Crippen molar-refractivity contribution in [3.63, 3.8) is 0 Å². The van der Waals surface area contributed by atoms with Gasteiger partial charge in [0.25, 0.3) is 0 Å². The summed E-state index contributed by atoms with van der Waals surface area (Å²) in [6, 6.07) is 9.52. The van der Waals surface area contributed by atoms with Gasteiger partial charge in [0.1, 0.15) is 12.6 Å². The molecule has 1 atom stereocenters. The van der Waals surface area contributed by atoms with Gasteiger partial charge in [-0.2, -0.15) is 110 Å². The summed E-state index contributed by atoms with van der Waals surface area (Å²) in [7, 11) is 0. The quantitative estimate of drug-likeness (QED) is 0.121. The minimum Gasteiger partial charge on any atom is -0.480 e. The minimum absolute atomic E-state index is 0.502. The predicted molar refractivity (Wildman–Crippen MR) is 151 cm³/mol. The summed E-state index contributed by atoms with van der Waals surface area (Å²) in [5.74, 6) is -101. The Bertz CT molecular complexity index is 2020. The molecule has 3 rings (SSSR count). The van der Waals surface area contributed by atoms with Gasteiger partial charge < -0.3 is 19.9 Å². The molecule has 0 unspecified atom stereocenters. The zero-order chi connectivity index (χ0) is 49.4. The number of carbonyl (C=O) groups is 3. The Balaban J connectivity index is 1.87. The van der Waals surface area contributed by atoms with Crippen LogP contribution in [-0.2, 0) is 19.1 Å². The van der Waals surface area contributed by atoms with Crippen LogP contribution in [0.15, 0.2) is 48.5 Å². The lowest BCUT2D eigenvalue weighted by Crippen LogP contribution is -2.78. The van der Waals surface area contributed by atoms with Crippen molar-refractivity contribution in [2.24, 2.45) is 0 Å². The van der Waals surface area contributed by atoms with Crippen LogP contribution >= 0.6 is 0 Å². The summed E-state index contributed by atoms with van der Waals surface area (Å²) < 4.78 is 349. The van der Waals surface area contributed by atoms with E-state index in [1.54, 1.807) is 24.3 Å². The Kier molecular flexibility index (Phi) is 12.9. The molecule has 0 spiro atoms. The molecule has 32 heteroatoms. The number of hydrogen-bond donors (Lipinski definition) is 2. The fourth-order valence-electron chi connectivity index (χ4n) is 5.34. The van der Waals surface area contributed by atoms with Crippen LogP contribution in [-0.4, -0.2) is 107 Å². The lowest BCUT2D eigenvalue weighted by atomic mass is 9.85. The van der Waals surface area contributed by atoms with Gasteiger partial charge in [0.15, 0.2) is 0 Å². The van der Waals surface area contributed by atoms with Gasteiger partial charge in [0, 0.05) is 5.92 Å². The average molecular weight is 973 g/mol. The van der Waals surface area contributed by atoms with Crippen molar-refractivity contribution in [2.45, 2.75) is 89.9 Å². The molecule has 356 valence electrons. The first kappa shape index (κ1) is 52.2. The van der Waals surface area contributed by atoms with Gasteiger partial charge in [-0.3, -0.25) is 4.79 Å². The zero-order valence-corrected chi connectivity index (χ0v) is 29.1. The summed E-state index contributed by atoms with van der Waals surface area (Å²) in [5, 5.41) is 10.4. The van der Waals surface area contributed by atoms with Gasteiger partial charge >= 0.3 is 89.5 Å². The van der Waals surface area contributed by atoms with Crippen LogP contribution in [0.3, 0.4) is 0 Å². The number of fused-ring (bicyclic) bond motifs is 3. The maximum absolute atomic E-state index is 14.3. The number of hydrogen-bond acceptors (Lipinski definition) is 5. The number of nitrogens with one attached hydrogen (secondary N) is 1. The number of rotatable bonds is 17. The van der Waals surface area contributed by atoms with Crippen molar-refractivity contribution in [2.75, 3.05) is 6.61 Å². The van der Waals surface area contributed by atoms with E-state index in [0.29, 0.717) is 22.3 Å². The van der Waals surface area contributed by atoms with Crippen molar-refractivity contribution < 1.29 is 139 Å². The number of carboxylic acid groups (broad SMARTS) is 1. The topological polar surface area (TPSA) is 102 Å². The van der Waals surface area contributed by atoms with Crippen molar-refractivity contribution in [3.8, 4) is 11.1 Å². The van der Waals surface area contributed by atoms with Crippen LogP contribution in [0.4, 0.5) is 115 Å². The van der Waals surface area contributed by atoms with Gasteiger partial charge in [0.2, 0.25) is 0 Å². The number of carboxylic acids is 1. The molecule has 2 N–H and O–H groups in total. The molecule has 7 nitrogen and oxygen atoms in total. The first-order chi connectivity index (χ1) is 27.9. The Labute approximate surface area is 330 Å². The van der Waals surface area contributed by atoms with Crippen LogP contribution in [0.1, 0.15) is 23.5 Å². The number of alkyl halides is 25. The predicted octanol–water partition coefficient (Wildman–Crippen LogP) is 10.4. The highest BCUT2D eigenvalue weighted by atomic mass is 19.4. The fourth-order valence-corrected chi connectivity index (χ4v) is 5.34. The molecular weight excluding hydrogens is 957 g/mol. The molecule has 0 bridgehead atoms. The summed E-state index contributed by atoms with van der Waals surface area (Å²) in [6.07, 6.45) is -20.6. The molecule has 0 aromatic heterocycles. The van der Waals surface area contributed by atoms with E-state index >= 15 is 0 Å². The number of carbonyl (C=O) groups excluding carboxylic acids is 2. The summed E-state index contributed by atoms with van der Waals surface area (Å²) in [5.41, 5.74) is 2.22. The van der Waals surface area contributed by atoms with Crippen LogP contribution < -0.4 is 5.32 Å². The molecule has 0 saturated heterocycles. The van der Waals surface area contributed by atoms with E-state index in [0.717, 1.165) is 0 Å². The summed E-state index contributed by atoms with van der Waals surface area (Å²) in [4.78, 5) is 35.7. The zero-order valence-electron chi connectivity index (χ0n) is 29.1. The lowest BCUT2D eigenvalue weighted by Gasteiger charge is -2.45. The third-order valence-corrected chi connectivity index (χ3v) is 8.82. The molecule has 2 aromatic carbocycles. The Morgan fingerprint density at radius 1 is 0.508 bits per heavy atom. The molecule has 2 aromatic rings. The van der Waals surface area contributed by atoms with E-state index in [1.807, 2.05) is 0 Å². The number of alkyl carbamates (subject to hydrolysis) is 1. The Morgan fingerprint density at radius 3 is 1.16 bits per heavy atom. The van der Waals surface area contributed by atoms with Crippen molar-refractivity contribution in [3.05, 3.63) is 59.7 Å². The van der Waals surface area contributed by atoms with E-state index in [-0.39, 0.29) is 0 Å². The van der Waals surface area contributed by atoms with Gasteiger partial charge in [-0.15, -0.1) is 0 Å². The number of benzene rings is 2. The summed E-state index contributed by atoms with van der Waals surface area (Å²) >= 11 is 0. The van der Waals surface area contributed by atoms with Crippen LogP contribution in [0.25, 0.3) is 11.1 Å². The Hall–Kier alpha value is -5.10. The molecule has 1 aliphatic rings. The molecule has 0 fully saturated rings. The van der Waals surface area contributed by atoms with E-state index in [9.17, 15) is 129 Å². The first-order valence-corrected chi connectivity index (χ1v) is 15.7. The highest BCUT2D eigenvalue weighted by Gasteiger charge is 3.00. The fraction of sp³-hybridized carbons (Fsp3) is 0.516. The number of amides is 1. The first-order valence-electron chi connectivity index (χ1n) is 15.7. The molecule has 0 heterocycles. The molecular formula is C31H16F25NO6. The van der Waals surface area contributed by atoms with E-state index in [1.165, 1.54) is 29.6 Å². The average Bonchev–Trinajstić information content (AvgIpc) is 3.45. The van der Waals surface area contributed by atoms with Crippen molar-refractivity contribution >= 4 is 18.0 Å². The van der Waals surface area contributed by atoms with Crippen LogP contribution in [0, 0.1) is 0 Å². The second-order valence-corrected chi connectivity index (χ2v) is 12.8. The van der Waals surface area contributed by atoms with Gasteiger partial charge in [0.05, 0.1) is 6.42 Å². The van der Waals surface area contributed by atoms with Crippen molar-refractivity contribution in [1.82, 2.24) is 5.32 Å². The van der Waals surface area contributed by atoms with Crippen molar-refractivity contribution in [1.29, 1.82) is 0 Å². The normalized spacial score (nSPS) is 16.0. The highest BCUT2D eigenvalue weighted by Crippen LogP contribution is 2.68. The minimum atomic E-state index is -9.80.